The van der Waals surface area contributed by atoms with Gasteiger partial charge in [-0.3, -0.25) is 18.9 Å². The number of carbonyl (C=O) groups excluding carboxylic acids is 1. The number of hydrogen-bond acceptors (Lipinski definition) is 6. The lowest BCUT2D eigenvalue weighted by Crippen LogP contribution is -2.31. The lowest BCUT2D eigenvalue weighted by molar-refractivity contribution is -0.123. The van der Waals surface area contributed by atoms with E-state index in [1.807, 2.05) is 50.2 Å². The Kier molecular flexibility index (Phi) is 7.09. The summed E-state index contributed by atoms with van der Waals surface area (Å²) in [6.07, 6.45) is 3.11. The SMILES string of the molecule is Cc1cccn2c(=O)c(/C=C3/SC(=S)N(C(C)c4ccccc4)C3=O)c(Oc3ccc(Cl)cc3Cl)nc12. The highest BCUT2D eigenvalue weighted by Crippen LogP contribution is 2.39. The van der Waals surface area contributed by atoms with Crippen LogP contribution in [0.3, 0.4) is 0 Å². The van der Waals surface area contributed by atoms with E-state index in [4.69, 9.17) is 40.2 Å². The number of rotatable bonds is 5. The number of amides is 1. The molecule has 6 nitrogen and oxygen atoms in total. The number of halogens is 2. The average Bonchev–Trinajstić information content (AvgIpc) is 3.16. The minimum absolute atomic E-state index is 0.0184. The Labute approximate surface area is 232 Å². The molecule has 0 aliphatic carbocycles. The Morgan fingerprint density at radius 3 is 2.57 bits per heavy atom. The van der Waals surface area contributed by atoms with Gasteiger partial charge in [-0.1, -0.05) is 83.6 Å². The summed E-state index contributed by atoms with van der Waals surface area (Å²) < 4.78 is 7.85. The second-order valence-corrected chi connectivity index (χ2v) is 10.9. The van der Waals surface area contributed by atoms with Crippen LogP contribution in [0.15, 0.2) is 76.6 Å². The van der Waals surface area contributed by atoms with Crippen LogP contribution < -0.4 is 10.3 Å². The molecule has 5 rings (SSSR count). The average molecular weight is 569 g/mol. The van der Waals surface area contributed by atoms with Gasteiger partial charge in [-0.25, -0.2) is 0 Å². The van der Waals surface area contributed by atoms with Gasteiger partial charge in [0.05, 0.1) is 16.0 Å². The number of ether oxygens (including phenoxy) is 1. The monoisotopic (exact) mass is 567 g/mol. The molecule has 1 atom stereocenters. The highest BCUT2D eigenvalue weighted by Gasteiger charge is 2.36. The van der Waals surface area contributed by atoms with Crippen molar-refractivity contribution in [3.8, 4) is 11.6 Å². The molecule has 0 radical (unpaired) electrons. The molecule has 1 aliphatic heterocycles. The van der Waals surface area contributed by atoms with Gasteiger partial charge < -0.3 is 4.74 Å². The second-order valence-electron chi connectivity index (χ2n) is 8.34. The zero-order valence-electron chi connectivity index (χ0n) is 19.6. The van der Waals surface area contributed by atoms with Gasteiger partial charge in [-0.15, -0.1) is 0 Å². The molecular formula is C27H19Cl2N3O3S2. The fourth-order valence-corrected chi connectivity index (χ4v) is 5.83. The summed E-state index contributed by atoms with van der Waals surface area (Å²) in [6.45, 7) is 3.76. The van der Waals surface area contributed by atoms with Crippen molar-refractivity contribution < 1.29 is 9.53 Å². The van der Waals surface area contributed by atoms with Crippen LogP contribution in [0.5, 0.6) is 11.6 Å². The second kappa shape index (κ2) is 10.3. The van der Waals surface area contributed by atoms with Crippen LogP contribution in [0.25, 0.3) is 11.7 Å². The summed E-state index contributed by atoms with van der Waals surface area (Å²) in [5.74, 6) is -0.00346. The molecule has 1 fully saturated rings. The molecule has 2 aromatic heterocycles. The Bertz CT molecular complexity index is 1650. The third-order valence-electron chi connectivity index (χ3n) is 5.92. The number of nitrogens with zero attached hydrogens (tertiary/aromatic N) is 3. The molecule has 37 heavy (non-hydrogen) atoms. The first-order valence-electron chi connectivity index (χ1n) is 11.2. The van der Waals surface area contributed by atoms with E-state index in [-0.39, 0.29) is 34.2 Å². The van der Waals surface area contributed by atoms with E-state index in [0.29, 0.717) is 19.9 Å². The zero-order chi connectivity index (χ0) is 26.3. The highest BCUT2D eigenvalue weighted by atomic mass is 35.5. The molecule has 10 heteroatoms. The van der Waals surface area contributed by atoms with Gasteiger partial charge in [0.2, 0.25) is 5.88 Å². The number of fused-ring (bicyclic) bond motifs is 1. The molecule has 186 valence electrons. The number of aryl methyl sites for hydroxylation is 1. The van der Waals surface area contributed by atoms with Crippen LogP contribution in [-0.2, 0) is 4.79 Å². The van der Waals surface area contributed by atoms with Gasteiger partial charge in [0, 0.05) is 11.2 Å². The Morgan fingerprint density at radius 2 is 1.84 bits per heavy atom. The first kappa shape index (κ1) is 25.5. The maximum atomic E-state index is 13.6. The standard InChI is InChI=1S/C27H19Cl2N3O3S2/c1-15-7-6-12-31-23(15)30-24(35-21-11-10-18(28)13-20(21)29)19(25(31)33)14-22-26(34)32(27(36)37-22)16(2)17-8-4-3-5-9-17/h3-14,16H,1-2H3/b22-14+. The van der Waals surface area contributed by atoms with Crippen molar-refractivity contribution >= 4 is 69.1 Å². The number of carbonyl (C=O) groups is 1. The Hall–Kier alpha value is -3.17. The molecule has 0 bridgehead atoms. The predicted octanol–water partition coefficient (Wildman–Crippen LogP) is 7.06. The molecule has 0 spiro atoms. The van der Waals surface area contributed by atoms with Crippen LogP contribution in [0.4, 0.5) is 0 Å². The van der Waals surface area contributed by atoms with Crippen molar-refractivity contribution in [1.82, 2.24) is 14.3 Å². The van der Waals surface area contributed by atoms with Gasteiger partial charge >= 0.3 is 0 Å². The first-order chi connectivity index (χ1) is 17.7. The van der Waals surface area contributed by atoms with Gasteiger partial charge in [0.15, 0.2) is 0 Å². The summed E-state index contributed by atoms with van der Waals surface area (Å²) >= 11 is 19.0. The van der Waals surface area contributed by atoms with E-state index in [2.05, 4.69) is 4.98 Å². The summed E-state index contributed by atoms with van der Waals surface area (Å²) in [5, 5.41) is 0.699. The van der Waals surface area contributed by atoms with Crippen LogP contribution in [0.1, 0.15) is 29.7 Å². The maximum absolute atomic E-state index is 13.6. The molecule has 0 saturated carbocycles. The lowest BCUT2D eigenvalue weighted by atomic mass is 10.1. The van der Waals surface area contributed by atoms with E-state index >= 15 is 0 Å². The van der Waals surface area contributed by atoms with Crippen molar-refractivity contribution in [2.75, 3.05) is 0 Å². The van der Waals surface area contributed by atoms with Gasteiger partial charge in [0.25, 0.3) is 11.5 Å². The maximum Gasteiger partial charge on any atom is 0.269 e. The summed E-state index contributed by atoms with van der Waals surface area (Å²) in [4.78, 5) is 33.6. The Morgan fingerprint density at radius 1 is 1.08 bits per heavy atom. The van der Waals surface area contributed by atoms with Crippen molar-refractivity contribution in [3.05, 3.63) is 109 Å². The van der Waals surface area contributed by atoms with Crippen molar-refractivity contribution in [2.24, 2.45) is 0 Å². The molecule has 1 amide bonds. The number of thiocarbonyl (C=S) groups is 1. The molecule has 1 unspecified atom stereocenters. The molecule has 1 saturated heterocycles. The van der Waals surface area contributed by atoms with Crippen LogP contribution in [0.2, 0.25) is 10.0 Å². The number of aromatic nitrogens is 2. The first-order valence-corrected chi connectivity index (χ1v) is 13.2. The Balaban J connectivity index is 1.62. The number of benzene rings is 2. The van der Waals surface area contributed by atoms with Crippen LogP contribution in [0, 0.1) is 6.92 Å². The third kappa shape index (κ3) is 4.90. The predicted molar refractivity (Wildman–Crippen MR) is 153 cm³/mol. The van der Waals surface area contributed by atoms with E-state index in [0.717, 1.165) is 22.9 Å². The van der Waals surface area contributed by atoms with Crippen LogP contribution >= 0.6 is 47.2 Å². The number of pyridine rings is 1. The summed E-state index contributed by atoms with van der Waals surface area (Å²) in [7, 11) is 0. The quantitative estimate of drug-likeness (QED) is 0.190. The smallest absolute Gasteiger partial charge is 0.269 e. The van der Waals surface area contributed by atoms with E-state index in [1.54, 1.807) is 29.3 Å². The lowest BCUT2D eigenvalue weighted by Gasteiger charge is -2.23. The van der Waals surface area contributed by atoms with Gasteiger partial charge in [0.1, 0.15) is 21.3 Å². The van der Waals surface area contributed by atoms with E-state index < -0.39 is 5.56 Å². The number of thioether (sulfide) groups is 1. The van der Waals surface area contributed by atoms with Crippen molar-refractivity contribution in [2.45, 2.75) is 19.9 Å². The fraction of sp³-hybridized carbons (Fsp3) is 0.111. The van der Waals surface area contributed by atoms with Gasteiger partial charge in [-0.2, -0.15) is 4.98 Å². The molecule has 2 aromatic carbocycles. The van der Waals surface area contributed by atoms with Crippen molar-refractivity contribution in [1.29, 1.82) is 0 Å². The third-order valence-corrected chi connectivity index (χ3v) is 7.78. The van der Waals surface area contributed by atoms with E-state index in [9.17, 15) is 9.59 Å². The van der Waals surface area contributed by atoms with Crippen molar-refractivity contribution in [3.63, 3.8) is 0 Å². The summed E-state index contributed by atoms with van der Waals surface area (Å²) in [5.41, 5.74) is 1.86. The van der Waals surface area contributed by atoms with Gasteiger partial charge in [-0.05, 0) is 55.3 Å². The summed E-state index contributed by atoms with van der Waals surface area (Å²) in [6, 6.07) is 17.7. The molecule has 3 heterocycles. The minimum Gasteiger partial charge on any atom is -0.437 e. The normalized spacial score (nSPS) is 15.6. The topological polar surface area (TPSA) is 63.9 Å². The largest absolute Gasteiger partial charge is 0.437 e. The number of hydrogen-bond donors (Lipinski definition) is 0. The molecule has 4 aromatic rings. The fourth-order valence-electron chi connectivity index (χ4n) is 3.98. The molecule has 0 N–H and O–H groups in total. The van der Waals surface area contributed by atoms with Crippen LogP contribution in [-0.4, -0.2) is 24.5 Å². The molecule has 1 aliphatic rings. The molecular weight excluding hydrogens is 549 g/mol. The van der Waals surface area contributed by atoms with E-state index in [1.165, 1.54) is 16.5 Å². The zero-order valence-corrected chi connectivity index (χ0v) is 22.8. The highest BCUT2D eigenvalue weighted by molar-refractivity contribution is 8.26. The minimum atomic E-state index is -0.393.